The maximum absolute atomic E-state index is 13.5. The number of hydrogen-bond donors (Lipinski definition) is 0. The van der Waals surface area contributed by atoms with E-state index in [0.717, 1.165) is 4.88 Å². The summed E-state index contributed by atoms with van der Waals surface area (Å²) in [5, 5.41) is 0.400. The number of benzene rings is 2. The molecule has 8 heteroatoms. The van der Waals surface area contributed by atoms with Gasteiger partial charge < -0.3 is 9.15 Å². The standard InChI is InChI=1S/C19H10BrClFNO3S/c20-14-7-10(22)5-6-12(14)17-18(25-9-11-8-23-19(21)27-11)16(24)13-3-1-2-4-15(13)26-17/h1-8H,9H2. The van der Waals surface area contributed by atoms with Crippen LogP contribution in [0.4, 0.5) is 4.39 Å². The summed E-state index contributed by atoms with van der Waals surface area (Å²) in [7, 11) is 0. The van der Waals surface area contributed by atoms with Crippen LogP contribution < -0.4 is 10.2 Å². The Balaban J connectivity index is 1.88. The highest BCUT2D eigenvalue weighted by Gasteiger charge is 2.20. The number of ether oxygens (including phenoxy) is 1. The van der Waals surface area contributed by atoms with Gasteiger partial charge in [0.1, 0.15) is 18.0 Å². The lowest BCUT2D eigenvalue weighted by atomic mass is 10.1. The summed E-state index contributed by atoms with van der Waals surface area (Å²) in [6.45, 7) is 0.110. The van der Waals surface area contributed by atoms with Gasteiger partial charge >= 0.3 is 0 Å². The van der Waals surface area contributed by atoms with Gasteiger partial charge in [0.05, 0.1) is 10.3 Å². The van der Waals surface area contributed by atoms with Gasteiger partial charge in [-0.25, -0.2) is 9.37 Å². The van der Waals surface area contributed by atoms with Gasteiger partial charge in [-0.3, -0.25) is 4.79 Å². The van der Waals surface area contributed by atoms with E-state index in [0.29, 0.717) is 25.5 Å². The van der Waals surface area contributed by atoms with Crippen molar-refractivity contribution in [3.8, 4) is 17.1 Å². The smallest absolute Gasteiger partial charge is 0.235 e. The van der Waals surface area contributed by atoms with Crippen molar-refractivity contribution in [2.24, 2.45) is 0 Å². The van der Waals surface area contributed by atoms with Crippen LogP contribution in [0.15, 0.2) is 62.3 Å². The number of fused-ring (bicyclic) bond motifs is 1. The average Bonchev–Trinajstić information content (AvgIpc) is 3.06. The number of halogens is 3. The molecule has 0 radical (unpaired) electrons. The van der Waals surface area contributed by atoms with Crippen LogP contribution in [0.2, 0.25) is 4.47 Å². The van der Waals surface area contributed by atoms with E-state index in [1.165, 1.54) is 29.5 Å². The van der Waals surface area contributed by atoms with E-state index in [1.54, 1.807) is 30.5 Å². The molecule has 0 spiro atoms. The minimum absolute atomic E-state index is 0.0468. The molecule has 4 rings (SSSR count). The molecule has 4 aromatic rings. The van der Waals surface area contributed by atoms with Crippen molar-refractivity contribution in [1.82, 2.24) is 4.98 Å². The number of para-hydroxylation sites is 1. The van der Waals surface area contributed by atoms with Crippen molar-refractivity contribution in [3.05, 3.63) is 78.5 Å². The highest BCUT2D eigenvalue weighted by atomic mass is 79.9. The van der Waals surface area contributed by atoms with Crippen molar-refractivity contribution in [2.75, 3.05) is 0 Å². The van der Waals surface area contributed by atoms with Crippen LogP contribution in [-0.4, -0.2) is 4.98 Å². The molecular weight excluding hydrogens is 457 g/mol. The lowest BCUT2D eigenvalue weighted by molar-refractivity contribution is 0.301. The molecule has 2 aromatic carbocycles. The number of hydrogen-bond acceptors (Lipinski definition) is 5. The molecule has 0 atom stereocenters. The number of aromatic nitrogens is 1. The zero-order valence-electron chi connectivity index (χ0n) is 13.5. The van der Waals surface area contributed by atoms with E-state index >= 15 is 0 Å². The van der Waals surface area contributed by atoms with E-state index in [-0.39, 0.29) is 23.5 Å². The van der Waals surface area contributed by atoms with Crippen LogP contribution >= 0.6 is 38.9 Å². The van der Waals surface area contributed by atoms with E-state index in [4.69, 9.17) is 20.8 Å². The van der Waals surface area contributed by atoms with Crippen LogP contribution in [0.3, 0.4) is 0 Å². The topological polar surface area (TPSA) is 52.3 Å². The Hall–Kier alpha value is -2.22. The van der Waals surface area contributed by atoms with Crippen molar-refractivity contribution in [1.29, 1.82) is 0 Å². The van der Waals surface area contributed by atoms with Gasteiger partial charge in [0.2, 0.25) is 11.2 Å². The van der Waals surface area contributed by atoms with Gasteiger partial charge in [-0.2, -0.15) is 0 Å². The minimum atomic E-state index is -0.407. The van der Waals surface area contributed by atoms with Crippen LogP contribution in [0.5, 0.6) is 5.75 Å². The molecule has 0 bridgehead atoms. The fourth-order valence-electron chi connectivity index (χ4n) is 2.60. The first kappa shape index (κ1) is 18.2. The van der Waals surface area contributed by atoms with Crippen LogP contribution in [0.25, 0.3) is 22.3 Å². The molecule has 0 fully saturated rings. The van der Waals surface area contributed by atoms with Crippen molar-refractivity contribution < 1.29 is 13.5 Å². The summed E-state index contributed by atoms with van der Waals surface area (Å²) in [5.41, 5.74) is 0.622. The molecule has 2 heterocycles. The highest BCUT2D eigenvalue weighted by molar-refractivity contribution is 9.10. The summed E-state index contributed by atoms with van der Waals surface area (Å²) in [5.74, 6) is -0.137. The predicted octanol–water partition coefficient (Wildman–Crippen LogP) is 6.05. The third-order valence-electron chi connectivity index (χ3n) is 3.82. The Morgan fingerprint density at radius 2 is 2.07 bits per heavy atom. The normalized spacial score (nSPS) is 11.1. The van der Waals surface area contributed by atoms with Crippen LogP contribution in [0.1, 0.15) is 4.88 Å². The minimum Gasteiger partial charge on any atom is -0.480 e. The largest absolute Gasteiger partial charge is 0.480 e. The van der Waals surface area contributed by atoms with Crippen LogP contribution in [0, 0.1) is 5.82 Å². The molecule has 0 aliphatic heterocycles. The predicted molar refractivity (Wildman–Crippen MR) is 107 cm³/mol. The fraction of sp³-hybridized carbons (Fsp3) is 0.0526. The number of nitrogens with zero attached hydrogens (tertiary/aromatic N) is 1. The average molecular weight is 467 g/mol. The highest BCUT2D eigenvalue weighted by Crippen LogP contribution is 2.36. The van der Waals surface area contributed by atoms with Gasteiger partial charge in [0, 0.05) is 16.2 Å². The Bertz CT molecular complexity index is 1210. The summed E-state index contributed by atoms with van der Waals surface area (Å²) < 4.78 is 26.1. The lowest BCUT2D eigenvalue weighted by Crippen LogP contribution is -2.10. The monoisotopic (exact) mass is 465 g/mol. The SMILES string of the molecule is O=c1c(OCc2cnc(Cl)s2)c(-c2ccc(F)cc2Br)oc2ccccc12. The molecule has 0 saturated carbocycles. The number of thiazole rings is 1. The van der Waals surface area contributed by atoms with Gasteiger partial charge in [-0.15, -0.1) is 11.3 Å². The summed E-state index contributed by atoms with van der Waals surface area (Å²) in [4.78, 5) is 17.7. The van der Waals surface area contributed by atoms with E-state index < -0.39 is 5.82 Å². The molecule has 0 aliphatic rings. The Morgan fingerprint density at radius 1 is 1.26 bits per heavy atom. The molecule has 0 saturated heterocycles. The second-order valence-electron chi connectivity index (χ2n) is 5.58. The number of rotatable bonds is 4. The molecule has 0 N–H and O–H groups in total. The van der Waals surface area contributed by atoms with Gasteiger partial charge in [-0.05, 0) is 46.3 Å². The first-order valence-corrected chi connectivity index (χ1v) is 9.76. The van der Waals surface area contributed by atoms with Crippen LogP contribution in [-0.2, 0) is 6.61 Å². The zero-order chi connectivity index (χ0) is 19.0. The van der Waals surface area contributed by atoms with Gasteiger partial charge in [0.25, 0.3) is 0 Å². The Kier molecular flexibility index (Phi) is 4.99. The molecule has 27 heavy (non-hydrogen) atoms. The Labute approximate surface area is 170 Å². The fourth-order valence-corrected chi connectivity index (χ4v) is 4.02. The Morgan fingerprint density at radius 3 is 2.81 bits per heavy atom. The molecule has 0 aliphatic carbocycles. The first-order chi connectivity index (χ1) is 13.0. The van der Waals surface area contributed by atoms with E-state index in [1.807, 2.05) is 0 Å². The third-order valence-corrected chi connectivity index (χ3v) is 5.56. The van der Waals surface area contributed by atoms with E-state index in [9.17, 15) is 9.18 Å². The van der Waals surface area contributed by atoms with Gasteiger partial charge in [-0.1, -0.05) is 23.7 Å². The molecule has 0 amide bonds. The summed E-state index contributed by atoms with van der Waals surface area (Å²) >= 11 is 10.4. The summed E-state index contributed by atoms with van der Waals surface area (Å²) in [6.07, 6.45) is 1.59. The second-order valence-corrected chi connectivity index (χ2v) is 8.13. The van der Waals surface area contributed by atoms with Crippen molar-refractivity contribution in [3.63, 3.8) is 0 Å². The third kappa shape index (κ3) is 3.63. The first-order valence-electron chi connectivity index (χ1n) is 7.77. The maximum Gasteiger partial charge on any atom is 0.235 e. The molecular formula is C19H10BrClFNO3S. The molecule has 0 unspecified atom stereocenters. The molecule has 4 nitrogen and oxygen atoms in total. The molecule has 136 valence electrons. The van der Waals surface area contributed by atoms with Crippen molar-refractivity contribution >= 4 is 49.8 Å². The zero-order valence-corrected chi connectivity index (χ0v) is 16.7. The maximum atomic E-state index is 13.5. The second kappa shape index (κ2) is 7.42. The van der Waals surface area contributed by atoms with E-state index in [2.05, 4.69) is 20.9 Å². The van der Waals surface area contributed by atoms with Crippen molar-refractivity contribution in [2.45, 2.75) is 6.61 Å². The van der Waals surface area contributed by atoms with Gasteiger partial charge in [0.15, 0.2) is 10.2 Å². The lowest BCUT2D eigenvalue weighted by Gasteiger charge is -2.12. The quantitative estimate of drug-likeness (QED) is 0.367. The molecule has 2 aromatic heterocycles. The summed E-state index contributed by atoms with van der Waals surface area (Å²) in [6, 6.07) is 11.0.